The van der Waals surface area contributed by atoms with Crippen molar-refractivity contribution >= 4 is 0 Å². The molecule has 0 aliphatic carbocycles. The van der Waals surface area contributed by atoms with E-state index in [9.17, 15) is 0 Å². The highest BCUT2D eigenvalue weighted by Crippen LogP contribution is 2.06. The zero-order chi connectivity index (χ0) is 9.97. The Morgan fingerprint density at radius 1 is 1.50 bits per heavy atom. The summed E-state index contributed by atoms with van der Waals surface area (Å²) in [6, 6.07) is 3.79. The summed E-state index contributed by atoms with van der Waals surface area (Å²) in [5, 5.41) is 11.6. The molecule has 0 spiro atoms. The fourth-order valence-corrected chi connectivity index (χ4v) is 1.13. The second-order valence-corrected chi connectivity index (χ2v) is 2.95. The van der Waals surface area contributed by atoms with E-state index in [-0.39, 0.29) is 0 Å². The Labute approximate surface area is 80.7 Å². The lowest BCUT2D eigenvalue weighted by Crippen LogP contribution is -2.04. The molecule has 0 radical (unpaired) electrons. The molecule has 6 heteroatoms. The number of hydrogen-bond acceptors (Lipinski definition) is 5. The van der Waals surface area contributed by atoms with Gasteiger partial charge in [-0.25, -0.2) is 0 Å². The van der Waals surface area contributed by atoms with Gasteiger partial charge >= 0.3 is 0 Å². The third kappa shape index (κ3) is 1.80. The van der Waals surface area contributed by atoms with Gasteiger partial charge in [-0.15, -0.1) is 10.2 Å². The molecule has 0 saturated heterocycles. The summed E-state index contributed by atoms with van der Waals surface area (Å²) < 4.78 is 5.37. The summed E-state index contributed by atoms with van der Waals surface area (Å²) in [5.74, 6) is 2.22. The van der Waals surface area contributed by atoms with E-state index in [2.05, 4.69) is 15.4 Å². The van der Waals surface area contributed by atoms with Crippen LogP contribution in [0, 0.1) is 6.92 Å². The van der Waals surface area contributed by atoms with Gasteiger partial charge in [-0.2, -0.15) is 4.80 Å². The molecular formula is C8H11N5O. The highest BCUT2D eigenvalue weighted by atomic mass is 16.3. The van der Waals surface area contributed by atoms with Crippen molar-refractivity contribution in [2.75, 3.05) is 0 Å². The Morgan fingerprint density at radius 2 is 2.36 bits per heavy atom. The number of aryl methyl sites for hydroxylation is 1. The first-order chi connectivity index (χ1) is 6.78. The summed E-state index contributed by atoms with van der Waals surface area (Å²) in [7, 11) is 0. The van der Waals surface area contributed by atoms with Crippen LogP contribution in [0.2, 0.25) is 0 Å². The van der Waals surface area contributed by atoms with E-state index < -0.39 is 0 Å². The van der Waals surface area contributed by atoms with Crippen LogP contribution in [-0.2, 0) is 13.1 Å². The van der Waals surface area contributed by atoms with Crippen molar-refractivity contribution in [3.63, 3.8) is 0 Å². The third-order valence-corrected chi connectivity index (χ3v) is 1.77. The lowest BCUT2D eigenvalue weighted by atomic mass is 10.4. The van der Waals surface area contributed by atoms with Crippen LogP contribution in [0.25, 0.3) is 0 Å². The van der Waals surface area contributed by atoms with Gasteiger partial charge in [0.15, 0.2) is 5.82 Å². The average Bonchev–Trinajstić information content (AvgIpc) is 2.76. The SMILES string of the molecule is Cc1ccc(Cn2nnc(CN)n2)o1. The number of tetrazole rings is 1. The summed E-state index contributed by atoms with van der Waals surface area (Å²) in [6.07, 6.45) is 0. The minimum Gasteiger partial charge on any atom is -0.464 e. The minimum absolute atomic E-state index is 0.303. The van der Waals surface area contributed by atoms with Crippen molar-refractivity contribution in [1.82, 2.24) is 20.2 Å². The molecule has 0 atom stereocenters. The Balaban J connectivity index is 2.10. The van der Waals surface area contributed by atoms with E-state index in [0.717, 1.165) is 11.5 Å². The molecule has 14 heavy (non-hydrogen) atoms. The maximum absolute atomic E-state index is 5.37. The van der Waals surface area contributed by atoms with Gasteiger partial charge in [0.2, 0.25) is 0 Å². The van der Waals surface area contributed by atoms with Gasteiger partial charge in [0.25, 0.3) is 0 Å². The largest absolute Gasteiger partial charge is 0.464 e. The third-order valence-electron chi connectivity index (χ3n) is 1.77. The molecule has 2 aromatic rings. The van der Waals surface area contributed by atoms with Crippen LogP contribution in [0.3, 0.4) is 0 Å². The van der Waals surface area contributed by atoms with E-state index in [1.54, 1.807) is 0 Å². The molecule has 0 aliphatic heterocycles. The average molecular weight is 193 g/mol. The summed E-state index contributed by atoms with van der Waals surface area (Å²) in [6.45, 7) is 2.68. The molecule has 0 saturated carbocycles. The first kappa shape index (κ1) is 8.89. The van der Waals surface area contributed by atoms with E-state index in [1.807, 2.05) is 19.1 Å². The van der Waals surface area contributed by atoms with Crippen LogP contribution in [0.4, 0.5) is 0 Å². The van der Waals surface area contributed by atoms with Crippen LogP contribution in [0.15, 0.2) is 16.5 Å². The molecule has 0 bridgehead atoms. The molecule has 2 aromatic heterocycles. The monoisotopic (exact) mass is 193 g/mol. The van der Waals surface area contributed by atoms with Crippen molar-refractivity contribution in [1.29, 1.82) is 0 Å². The van der Waals surface area contributed by atoms with Crippen LogP contribution in [-0.4, -0.2) is 20.2 Å². The number of nitrogens with two attached hydrogens (primary N) is 1. The molecule has 6 nitrogen and oxygen atoms in total. The first-order valence-corrected chi connectivity index (χ1v) is 4.30. The first-order valence-electron chi connectivity index (χ1n) is 4.30. The minimum atomic E-state index is 0.303. The molecule has 0 amide bonds. The molecule has 0 aromatic carbocycles. The smallest absolute Gasteiger partial charge is 0.188 e. The van der Waals surface area contributed by atoms with Crippen molar-refractivity contribution in [3.8, 4) is 0 Å². The molecule has 0 aliphatic rings. The van der Waals surface area contributed by atoms with Crippen LogP contribution in [0.5, 0.6) is 0 Å². The maximum atomic E-state index is 5.37. The van der Waals surface area contributed by atoms with Gasteiger partial charge in [-0.3, -0.25) is 0 Å². The zero-order valence-electron chi connectivity index (χ0n) is 7.84. The molecule has 2 heterocycles. The topological polar surface area (TPSA) is 82.8 Å². The summed E-state index contributed by atoms with van der Waals surface area (Å²) in [5.41, 5.74) is 5.36. The standard InChI is InChI=1S/C8H11N5O/c1-6-2-3-7(14-6)5-13-11-8(4-9)10-12-13/h2-3H,4-5,9H2,1H3. The van der Waals surface area contributed by atoms with Gasteiger partial charge in [-0.05, 0) is 24.3 Å². The van der Waals surface area contributed by atoms with Crippen LogP contribution >= 0.6 is 0 Å². The Morgan fingerprint density at radius 3 is 2.93 bits per heavy atom. The highest BCUT2D eigenvalue weighted by molar-refractivity contribution is 5.05. The number of hydrogen-bond donors (Lipinski definition) is 1. The van der Waals surface area contributed by atoms with E-state index >= 15 is 0 Å². The Kier molecular flexibility index (Phi) is 2.28. The van der Waals surface area contributed by atoms with Gasteiger partial charge in [0.05, 0.1) is 6.54 Å². The Bertz CT molecular complexity index is 419. The number of furan rings is 1. The number of nitrogens with zero attached hydrogens (tertiary/aromatic N) is 4. The molecule has 2 rings (SSSR count). The van der Waals surface area contributed by atoms with Crippen molar-refractivity contribution < 1.29 is 4.42 Å². The van der Waals surface area contributed by atoms with Crippen molar-refractivity contribution in [3.05, 3.63) is 29.5 Å². The highest BCUT2D eigenvalue weighted by Gasteiger charge is 2.03. The van der Waals surface area contributed by atoms with E-state index in [1.165, 1.54) is 4.80 Å². The van der Waals surface area contributed by atoms with E-state index in [4.69, 9.17) is 10.2 Å². The summed E-state index contributed by atoms with van der Waals surface area (Å²) >= 11 is 0. The fourth-order valence-electron chi connectivity index (χ4n) is 1.13. The molecule has 74 valence electrons. The van der Waals surface area contributed by atoms with Crippen LogP contribution in [0.1, 0.15) is 17.3 Å². The number of aromatic nitrogens is 4. The molecule has 0 fully saturated rings. The molecule has 2 N–H and O–H groups in total. The van der Waals surface area contributed by atoms with E-state index in [0.29, 0.717) is 18.9 Å². The number of rotatable bonds is 3. The van der Waals surface area contributed by atoms with Gasteiger partial charge in [-0.1, -0.05) is 0 Å². The molecular weight excluding hydrogens is 182 g/mol. The normalized spacial score (nSPS) is 10.7. The molecule has 0 unspecified atom stereocenters. The zero-order valence-corrected chi connectivity index (χ0v) is 7.84. The maximum Gasteiger partial charge on any atom is 0.188 e. The van der Waals surface area contributed by atoms with Crippen LogP contribution < -0.4 is 5.73 Å². The summed E-state index contributed by atoms with van der Waals surface area (Å²) in [4.78, 5) is 1.46. The quantitative estimate of drug-likeness (QED) is 0.746. The lowest BCUT2D eigenvalue weighted by Gasteiger charge is -1.93. The fraction of sp³-hybridized carbons (Fsp3) is 0.375. The predicted octanol–water partition coefficient (Wildman–Crippen LogP) is 0.0815. The van der Waals surface area contributed by atoms with Crippen molar-refractivity contribution in [2.24, 2.45) is 5.73 Å². The van der Waals surface area contributed by atoms with Gasteiger partial charge in [0.1, 0.15) is 18.1 Å². The Hall–Kier alpha value is -1.69. The van der Waals surface area contributed by atoms with Crippen molar-refractivity contribution in [2.45, 2.75) is 20.0 Å². The lowest BCUT2D eigenvalue weighted by molar-refractivity contribution is 0.437. The predicted molar refractivity (Wildman–Crippen MR) is 48.3 cm³/mol. The second-order valence-electron chi connectivity index (χ2n) is 2.95. The second kappa shape index (κ2) is 3.59. The van der Waals surface area contributed by atoms with Gasteiger partial charge in [0, 0.05) is 0 Å². The van der Waals surface area contributed by atoms with Gasteiger partial charge < -0.3 is 10.2 Å².